The molecule has 0 atom stereocenters. The molecule has 3 fully saturated rings. The number of carbonyl (C=O) groups is 2. The lowest BCUT2D eigenvalue weighted by atomic mass is 9.76. The summed E-state index contributed by atoms with van der Waals surface area (Å²) in [6.45, 7) is 5.53. The Bertz CT molecular complexity index is 765. The van der Waals surface area contributed by atoms with Gasteiger partial charge in [0.05, 0.1) is 10.7 Å². The Morgan fingerprint density at radius 2 is 1.57 bits per heavy atom. The largest absolute Gasteiger partial charge is 0.397 e. The van der Waals surface area contributed by atoms with Gasteiger partial charge >= 0.3 is 0 Å². The molecule has 164 valence electrons. The summed E-state index contributed by atoms with van der Waals surface area (Å²) in [5.41, 5.74) is 7.67. The van der Waals surface area contributed by atoms with E-state index in [4.69, 9.17) is 17.3 Å². The maximum atomic E-state index is 12.5. The average Bonchev–Trinajstić information content (AvgIpc) is 3.16. The molecule has 1 spiro atoms. The number of carbonyl (C=O) groups excluding carboxylic acids is 2. The van der Waals surface area contributed by atoms with E-state index in [1.165, 1.54) is 17.7 Å². The summed E-state index contributed by atoms with van der Waals surface area (Å²) in [5.74, 6) is 0.119. The number of hydrogen-bond acceptors (Lipinski definition) is 5. The number of halogens is 1. The van der Waals surface area contributed by atoms with E-state index in [0.29, 0.717) is 30.1 Å². The molecule has 1 saturated carbocycles. The summed E-state index contributed by atoms with van der Waals surface area (Å²) >= 11 is 6.02. The molecule has 1 aliphatic carbocycles. The molecule has 0 bridgehead atoms. The Hall–Kier alpha value is -1.79. The summed E-state index contributed by atoms with van der Waals surface area (Å²) < 4.78 is 0. The van der Waals surface area contributed by atoms with Crippen LogP contribution in [0.3, 0.4) is 0 Å². The zero-order valence-corrected chi connectivity index (χ0v) is 18.5. The number of nitrogens with zero attached hydrogens (tertiary/aromatic N) is 3. The highest BCUT2D eigenvalue weighted by Gasteiger charge is 2.44. The second-order valence-electron chi connectivity index (χ2n) is 9.24. The number of likely N-dealkylation sites (tertiary alicyclic amines) is 1. The maximum absolute atomic E-state index is 12.5. The summed E-state index contributed by atoms with van der Waals surface area (Å²) in [5, 5.41) is 0.599. The normalized spacial score (nSPS) is 22.3. The van der Waals surface area contributed by atoms with Crippen molar-refractivity contribution in [3.63, 3.8) is 0 Å². The van der Waals surface area contributed by atoms with Crippen LogP contribution < -0.4 is 10.6 Å². The molecule has 4 rings (SSSR count). The number of nitrogens with two attached hydrogens (primary N) is 1. The van der Waals surface area contributed by atoms with Crippen molar-refractivity contribution in [2.45, 2.75) is 51.4 Å². The zero-order valence-electron chi connectivity index (χ0n) is 17.7. The van der Waals surface area contributed by atoms with Gasteiger partial charge in [-0.05, 0) is 55.8 Å². The number of imide groups is 1. The number of piperazine rings is 1. The Morgan fingerprint density at radius 3 is 2.20 bits per heavy atom. The Balaban J connectivity index is 1.17. The quantitative estimate of drug-likeness (QED) is 0.423. The van der Waals surface area contributed by atoms with E-state index >= 15 is 0 Å². The highest BCUT2D eigenvalue weighted by atomic mass is 35.5. The first kappa shape index (κ1) is 21.4. The van der Waals surface area contributed by atoms with Gasteiger partial charge in [-0.3, -0.25) is 19.4 Å². The first-order valence-corrected chi connectivity index (χ1v) is 11.7. The van der Waals surface area contributed by atoms with Crippen LogP contribution in [0.2, 0.25) is 5.02 Å². The van der Waals surface area contributed by atoms with Gasteiger partial charge in [-0.25, -0.2) is 0 Å². The van der Waals surface area contributed by atoms with Crippen LogP contribution in [-0.2, 0) is 9.59 Å². The van der Waals surface area contributed by atoms with Crippen LogP contribution in [0.5, 0.6) is 0 Å². The topological polar surface area (TPSA) is 69.9 Å². The highest BCUT2D eigenvalue weighted by Crippen LogP contribution is 2.46. The minimum absolute atomic E-state index is 0.000899. The second-order valence-corrected chi connectivity index (χ2v) is 9.65. The third-order valence-electron chi connectivity index (χ3n) is 7.14. The van der Waals surface area contributed by atoms with Crippen molar-refractivity contribution >= 4 is 34.8 Å². The van der Waals surface area contributed by atoms with Gasteiger partial charge in [0, 0.05) is 51.3 Å². The van der Waals surface area contributed by atoms with Gasteiger partial charge in [0.1, 0.15) is 0 Å². The number of rotatable bonds is 6. The number of unbranched alkanes of at least 4 members (excludes halogenated alkanes) is 1. The molecule has 0 unspecified atom stereocenters. The van der Waals surface area contributed by atoms with Crippen molar-refractivity contribution in [1.82, 2.24) is 9.80 Å². The lowest BCUT2D eigenvalue weighted by Gasteiger charge is -2.37. The average molecular weight is 433 g/mol. The van der Waals surface area contributed by atoms with E-state index in [1.54, 1.807) is 0 Å². The van der Waals surface area contributed by atoms with E-state index in [0.717, 1.165) is 64.1 Å². The molecular weight excluding hydrogens is 400 g/mol. The van der Waals surface area contributed by atoms with Crippen LogP contribution >= 0.6 is 11.6 Å². The van der Waals surface area contributed by atoms with Crippen molar-refractivity contribution in [3.8, 4) is 0 Å². The van der Waals surface area contributed by atoms with Crippen LogP contribution in [0.1, 0.15) is 51.4 Å². The molecule has 2 aliphatic heterocycles. The third kappa shape index (κ3) is 4.75. The Labute approximate surface area is 184 Å². The summed E-state index contributed by atoms with van der Waals surface area (Å²) in [4.78, 5) is 31.4. The molecule has 2 heterocycles. The molecule has 2 saturated heterocycles. The molecule has 0 radical (unpaired) electrons. The molecule has 6 nitrogen and oxygen atoms in total. The van der Waals surface area contributed by atoms with Gasteiger partial charge in [-0.2, -0.15) is 0 Å². The number of hydrogen-bond donors (Lipinski definition) is 1. The molecule has 7 heteroatoms. The lowest BCUT2D eigenvalue weighted by Crippen LogP contribution is -2.48. The number of benzene rings is 1. The van der Waals surface area contributed by atoms with Gasteiger partial charge in [0.25, 0.3) is 0 Å². The molecular formula is C23H33ClN4O2. The zero-order chi connectivity index (χ0) is 21.1. The molecule has 0 aromatic heterocycles. The number of anilines is 2. The maximum Gasteiger partial charge on any atom is 0.229 e. The fraction of sp³-hybridized carbons (Fsp3) is 0.652. The SMILES string of the molecule is Nc1cc(N2CCN(CCCCN3C(=O)CC4(CCCC4)CC3=O)CC2)ccc1Cl. The summed E-state index contributed by atoms with van der Waals surface area (Å²) in [6, 6.07) is 5.83. The van der Waals surface area contributed by atoms with Crippen molar-refractivity contribution in [3.05, 3.63) is 23.2 Å². The summed E-state index contributed by atoms with van der Waals surface area (Å²) in [7, 11) is 0. The first-order valence-electron chi connectivity index (χ1n) is 11.3. The van der Waals surface area contributed by atoms with Crippen LogP contribution in [0.15, 0.2) is 18.2 Å². The Kier molecular flexibility index (Phi) is 6.54. The van der Waals surface area contributed by atoms with Crippen LogP contribution in [0.4, 0.5) is 11.4 Å². The third-order valence-corrected chi connectivity index (χ3v) is 7.49. The van der Waals surface area contributed by atoms with Crippen molar-refractivity contribution < 1.29 is 9.59 Å². The molecule has 30 heavy (non-hydrogen) atoms. The molecule has 1 aromatic rings. The van der Waals surface area contributed by atoms with Gasteiger partial charge in [0.15, 0.2) is 0 Å². The van der Waals surface area contributed by atoms with Crippen molar-refractivity contribution in [1.29, 1.82) is 0 Å². The molecule has 3 aliphatic rings. The predicted octanol–water partition coefficient (Wildman–Crippen LogP) is 3.53. The van der Waals surface area contributed by atoms with E-state index in [9.17, 15) is 9.59 Å². The molecule has 2 amide bonds. The first-order chi connectivity index (χ1) is 14.5. The van der Waals surface area contributed by atoms with Gasteiger partial charge in [-0.1, -0.05) is 24.4 Å². The fourth-order valence-electron chi connectivity index (χ4n) is 5.32. The molecule has 2 N–H and O–H groups in total. The fourth-order valence-corrected chi connectivity index (χ4v) is 5.44. The standard InChI is InChI=1S/C23H33ClN4O2/c24-19-6-5-18(15-20(19)25)27-13-11-26(12-14-27)9-3-4-10-28-21(29)16-23(17-22(28)30)7-1-2-8-23/h5-6,15H,1-4,7-14,16-17,25H2. The minimum atomic E-state index is -0.000899. The second kappa shape index (κ2) is 9.15. The van der Waals surface area contributed by atoms with Crippen LogP contribution in [-0.4, -0.2) is 60.9 Å². The van der Waals surface area contributed by atoms with Crippen LogP contribution in [0, 0.1) is 5.41 Å². The number of nitrogen functional groups attached to an aromatic ring is 1. The number of amides is 2. The van der Waals surface area contributed by atoms with E-state index < -0.39 is 0 Å². The van der Waals surface area contributed by atoms with Crippen LogP contribution in [0.25, 0.3) is 0 Å². The monoisotopic (exact) mass is 432 g/mol. The summed E-state index contributed by atoms with van der Waals surface area (Å²) in [6.07, 6.45) is 7.48. The van der Waals surface area contributed by atoms with Gasteiger partial charge < -0.3 is 10.6 Å². The van der Waals surface area contributed by atoms with Crippen molar-refractivity contribution in [2.24, 2.45) is 5.41 Å². The van der Waals surface area contributed by atoms with E-state index in [-0.39, 0.29) is 17.2 Å². The van der Waals surface area contributed by atoms with E-state index in [2.05, 4.69) is 9.80 Å². The smallest absolute Gasteiger partial charge is 0.229 e. The van der Waals surface area contributed by atoms with E-state index in [1.807, 2.05) is 18.2 Å². The van der Waals surface area contributed by atoms with Crippen molar-refractivity contribution in [2.75, 3.05) is 49.9 Å². The minimum Gasteiger partial charge on any atom is -0.397 e. The van der Waals surface area contributed by atoms with Gasteiger partial charge in [0.2, 0.25) is 11.8 Å². The number of piperidine rings is 1. The predicted molar refractivity (Wildman–Crippen MR) is 121 cm³/mol. The van der Waals surface area contributed by atoms with Gasteiger partial charge in [-0.15, -0.1) is 0 Å². The Morgan fingerprint density at radius 1 is 0.933 bits per heavy atom. The molecule has 1 aromatic carbocycles. The highest BCUT2D eigenvalue weighted by molar-refractivity contribution is 6.33. The lowest BCUT2D eigenvalue weighted by molar-refractivity contribution is -0.153.